The molecule has 4 heteroatoms. The van der Waals surface area contributed by atoms with E-state index in [1.165, 1.54) is 12.8 Å². The lowest BCUT2D eigenvalue weighted by Crippen LogP contribution is -2.38. The molecule has 0 amide bonds. The molecule has 1 unspecified atom stereocenters. The molecule has 21 heavy (non-hydrogen) atoms. The van der Waals surface area contributed by atoms with E-state index in [1.807, 2.05) is 12.1 Å². The number of rotatable bonds is 8. The fourth-order valence-corrected chi connectivity index (χ4v) is 2.97. The zero-order valence-electron chi connectivity index (χ0n) is 13.6. The molecular formula is C17H28N2O2. The second kappa shape index (κ2) is 7.14. The summed E-state index contributed by atoms with van der Waals surface area (Å²) >= 11 is 0. The van der Waals surface area contributed by atoms with Gasteiger partial charge in [0.05, 0.1) is 20.3 Å². The normalized spacial score (nSPS) is 16.3. The molecule has 1 fully saturated rings. The van der Waals surface area contributed by atoms with Gasteiger partial charge < -0.3 is 15.2 Å². The average molecular weight is 292 g/mol. The van der Waals surface area contributed by atoms with E-state index in [4.69, 9.17) is 15.2 Å². The highest BCUT2D eigenvalue weighted by molar-refractivity contribution is 5.48. The third kappa shape index (κ3) is 3.69. The average Bonchev–Trinajstić information content (AvgIpc) is 3.30. The van der Waals surface area contributed by atoms with Gasteiger partial charge in [0.15, 0.2) is 11.5 Å². The molecule has 1 atom stereocenters. The van der Waals surface area contributed by atoms with E-state index in [-0.39, 0.29) is 6.04 Å². The Kier molecular flexibility index (Phi) is 5.48. The van der Waals surface area contributed by atoms with Crippen molar-refractivity contribution in [1.29, 1.82) is 0 Å². The summed E-state index contributed by atoms with van der Waals surface area (Å²) in [6.45, 7) is 6.16. The minimum atomic E-state index is 0.185. The zero-order chi connectivity index (χ0) is 15.4. The minimum absolute atomic E-state index is 0.185. The molecule has 0 heterocycles. The Balaban J connectivity index is 2.35. The van der Waals surface area contributed by atoms with E-state index < -0.39 is 0 Å². The van der Waals surface area contributed by atoms with E-state index in [1.54, 1.807) is 14.2 Å². The lowest BCUT2D eigenvalue weighted by molar-refractivity contribution is 0.166. The first-order valence-corrected chi connectivity index (χ1v) is 7.79. The lowest BCUT2D eigenvalue weighted by atomic mass is 10.0. The summed E-state index contributed by atoms with van der Waals surface area (Å²) < 4.78 is 11.0. The predicted octanol–water partition coefficient (Wildman–Crippen LogP) is 2.82. The Morgan fingerprint density at radius 2 is 1.95 bits per heavy atom. The van der Waals surface area contributed by atoms with Crippen molar-refractivity contribution in [2.24, 2.45) is 11.7 Å². The topological polar surface area (TPSA) is 47.7 Å². The monoisotopic (exact) mass is 292 g/mol. The Morgan fingerprint density at radius 3 is 2.43 bits per heavy atom. The van der Waals surface area contributed by atoms with Crippen LogP contribution in [0.1, 0.15) is 38.3 Å². The highest BCUT2D eigenvalue weighted by atomic mass is 16.5. The summed E-state index contributed by atoms with van der Waals surface area (Å²) in [7, 11) is 3.37. The number of para-hydroxylation sites is 1. The third-order valence-corrected chi connectivity index (χ3v) is 4.01. The largest absolute Gasteiger partial charge is 0.493 e. The van der Waals surface area contributed by atoms with Crippen LogP contribution in [0, 0.1) is 5.92 Å². The third-order valence-electron chi connectivity index (χ3n) is 4.01. The Morgan fingerprint density at radius 1 is 1.24 bits per heavy atom. The van der Waals surface area contributed by atoms with Crippen molar-refractivity contribution in [3.05, 3.63) is 23.8 Å². The maximum absolute atomic E-state index is 6.12. The second-order valence-corrected chi connectivity index (χ2v) is 6.16. The van der Waals surface area contributed by atoms with Crippen LogP contribution in [-0.4, -0.2) is 38.3 Å². The molecule has 2 rings (SSSR count). The summed E-state index contributed by atoms with van der Waals surface area (Å²) in [5.41, 5.74) is 7.26. The zero-order valence-corrected chi connectivity index (χ0v) is 13.6. The van der Waals surface area contributed by atoms with Gasteiger partial charge in [-0.1, -0.05) is 26.0 Å². The van der Waals surface area contributed by atoms with Gasteiger partial charge in [-0.3, -0.25) is 4.90 Å². The van der Waals surface area contributed by atoms with E-state index in [9.17, 15) is 0 Å². The molecule has 118 valence electrons. The van der Waals surface area contributed by atoms with Crippen molar-refractivity contribution >= 4 is 0 Å². The van der Waals surface area contributed by atoms with Crippen molar-refractivity contribution in [1.82, 2.24) is 4.90 Å². The van der Waals surface area contributed by atoms with E-state index >= 15 is 0 Å². The summed E-state index contributed by atoms with van der Waals surface area (Å²) in [6.07, 6.45) is 2.55. The van der Waals surface area contributed by atoms with Gasteiger partial charge in [-0.05, 0) is 24.8 Å². The Bertz CT molecular complexity index is 458. The van der Waals surface area contributed by atoms with Gasteiger partial charge in [-0.25, -0.2) is 0 Å². The maximum Gasteiger partial charge on any atom is 0.165 e. The summed E-state index contributed by atoms with van der Waals surface area (Å²) in [6, 6.07) is 6.90. The number of ether oxygens (including phenoxy) is 2. The van der Waals surface area contributed by atoms with Crippen molar-refractivity contribution in [3.63, 3.8) is 0 Å². The number of hydrogen-bond acceptors (Lipinski definition) is 4. The predicted molar refractivity (Wildman–Crippen MR) is 85.9 cm³/mol. The van der Waals surface area contributed by atoms with Gasteiger partial charge in [0.25, 0.3) is 0 Å². The minimum Gasteiger partial charge on any atom is -0.493 e. The van der Waals surface area contributed by atoms with Crippen LogP contribution in [0.4, 0.5) is 0 Å². The van der Waals surface area contributed by atoms with E-state index in [2.05, 4.69) is 24.8 Å². The van der Waals surface area contributed by atoms with Gasteiger partial charge >= 0.3 is 0 Å². The first-order chi connectivity index (χ1) is 10.1. The van der Waals surface area contributed by atoms with Crippen LogP contribution in [0.5, 0.6) is 11.5 Å². The molecule has 0 bridgehead atoms. The molecule has 4 nitrogen and oxygen atoms in total. The molecule has 1 aliphatic rings. The number of nitrogens with zero attached hydrogens (tertiary/aromatic N) is 1. The molecule has 1 aromatic rings. The van der Waals surface area contributed by atoms with Gasteiger partial charge in [-0.2, -0.15) is 0 Å². The first-order valence-electron chi connectivity index (χ1n) is 7.79. The van der Waals surface area contributed by atoms with Crippen molar-refractivity contribution in [2.45, 2.75) is 38.8 Å². The van der Waals surface area contributed by atoms with Crippen molar-refractivity contribution < 1.29 is 9.47 Å². The highest BCUT2D eigenvalue weighted by Crippen LogP contribution is 2.40. The fourth-order valence-electron chi connectivity index (χ4n) is 2.97. The number of methoxy groups -OCH3 is 2. The van der Waals surface area contributed by atoms with Crippen LogP contribution in [0.3, 0.4) is 0 Å². The molecule has 0 aliphatic heterocycles. The van der Waals surface area contributed by atoms with Gasteiger partial charge in [-0.15, -0.1) is 0 Å². The molecular weight excluding hydrogens is 264 g/mol. The molecule has 0 saturated heterocycles. The molecule has 1 saturated carbocycles. The smallest absolute Gasteiger partial charge is 0.165 e. The standard InChI is InChI=1S/C17H28N2O2/c1-12(2)11-19(13-8-9-13)15(10-18)14-6-5-7-16(20-3)17(14)21-4/h5-7,12-13,15H,8-11,18H2,1-4H3. The number of nitrogens with two attached hydrogens (primary N) is 1. The summed E-state index contributed by atoms with van der Waals surface area (Å²) in [5, 5.41) is 0. The summed E-state index contributed by atoms with van der Waals surface area (Å²) in [4.78, 5) is 2.54. The van der Waals surface area contributed by atoms with Crippen LogP contribution in [0.2, 0.25) is 0 Å². The maximum atomic E-state index is 6.12. The Hall–Kier alpha value is -1.26. The van der Waals surface area contributed by atoms with Crippen LogP contribution in [0.15, 0.2) is 18.2 Å². The van der Waals surface area contributed by atoms with Gasteiger partial charge in [0.1, 0.15) is 0 Å². The Labute approximate surface area is 128 Å². The first kappa shape index (κ1) is 16.1. The lowest BCUT2D eigenvalue weighted by Gasteiger charge is -2.33. The molecule has 0 spiro atoms. The van der Waals surface area contributed by atoms with Crippen LogP contribution in [-0.2, 0) is 0 Å². The second-order valence-electron chi connectivity index (χ2n) is 6.16. The van der Waals surface area contributed by atoms with Crippen molar-refractivity contribution in [2.75, 3.05) is 27.3 Å². The number of hydrogen-bond donors (Lipinski definition) is 1. The molecule has 2 N–H and O–H groups in total. The molecule has 1 aliphatic carbocycles. The molecule has 1 aromatic carbocycles. The fraction of sp³-hybridized carbons (Fsp3) is 0.647. The van der Waals surface area contributed by atoms with Crippen LogP contribution >= 0.6 is 0 Å². The quantitative estimate of drug-likeness (QED) is 0.800. The molecule has 0 radical (unpaired) electrons. The van der Waals surface area contributed by atoms with E-state index in [0.29, 0.717) is 18.5 Å². The van der Waals surface area contributed by atoms with Crippen LogP contribution < -0.4 is 15.2 Å². The number of benzene rings is 1. The summed E-state index contributed by atoms with van der Waals surface area (Å²) in [5.74, 6) is 2.20. The SMILES string of the molecule is COc1cccc(C(CN)N(CC(C)C)C2CC2)c1OC. The van der Waals surface area contributed by atoms with Crippen molar-refractivity contribution in [3.8, 4) is 11.5 Å². The van der Waals surface area contributed by atoms with Crippen LogP contribution in [0.25, 0.3) is 0 Å². The highest BCUT2D eigenvalue weighted by Gasteiger charge is 2.35. The molecule has 0 aromatic heterocycles. The van der Waals surface area contributed by atoms with E-state index in [0.717, 1.165) is 23.6 Å². The van der Waals surface area contributed by atoms with Gasteiger partial charge in [0, 0.05) is 24.7 Å². The van der Waals surface area contributed by atoms with Gasteiger partial charge in [0.2, 0.25) is 0 Å².